The Morgan fingerprint density at radius 1 is 1.56 bits per heavy atom. The molecule has 0 radical (unpaired) electrons. The molecule has 0 fully saturated rings. The SMILES string of the molecule is CC(C)(CCO)NC(=O)c1cccc(Cl)n1. The first-order valence-electron chi connectivity index (χ1n) is 5.00. The molecule has 16 heavy (non-hydrogen) atoms. The fraction of sp³-hybridized carbons (Fsp3) is 0.455. The van der Waals surface area contributed by atoms with Crippen LogP contribution in [0.4, 0.5) is 0 Å². The Labute approximate surface area is 99.6 Å². The van der Waals surface area contributed by atoms with Crippen LogP contribution in [0, 0.1) is 0 Å². The number of carbonyl (C=O) groups excluding carboxylic acids is 1. The first-order valence-corrected chi connectivity index (χ1v) is 5.38. The lowest BCUT2D eigenvalue weighted by atomic mass is 10.0. The molecule has 0 spiro atoms. The number of aliphatic hydroxyl groups excluding tert-OH is 1. The number of aliphatic hydroxyl groups is 1. The number of pyridine rings is 1. The van der Waals surface area contributed by atoms with E-state index in [1.807, 2.05) is 13.8 Å². The van der Waals surface area contributed by atoms with Crippen LogP contribution in [0.1, 0.15) is 30.8 Å². The number of hydrogen-bond donors (Lipinski definition) is 2. The maximum Gasteiger partial charge on any atom is 0.270 e. The summed E-state index contributed by atoms with van der Waals surface area (Å²) in [6.07, 6.45) is 0.485. The minimum absolute atomic E-state index is 0.0241. The van der Waals surface area contributed by atoms with Gasteiger partial charge in [-0.05, 0) is 32.4 Å². The summed E-state index contributed by atoms with van der Waals surface area (Å²) in [5, 5.41) is 11.9. The number of rotatable bonds is 4. The number of nitrogens with one attached hydrogen (secondary N) is 1. The number of nitrogens with zero attached hydrogens (tertiary/aromatic N) is 1. The zero-order valence-electron chi connectivity index (χ0n) is 9.33. The van der Waals surface area contributed by atoms with Crippen LogP contribution in [-0.2, 0) is 0 Å². The van der Waals surface area contributed by atoms with Gasteiger partial charge in [0.15, 0.2) is 0 Å². The van der Waals surface area contributed by atoms with E-state index < -0.39 is 5.54 Å². The summed E-state index contributed by atoms with van der Waals surface area (Å²) in [5.41, 5.74) is -0.186. The molecule has 88 valence electrons. The van der Waals surface area contributed by atoms with Gasteiger partial charge in [0.05, 0.1) is 0 Å². The van der Waals surface area contributed by atoms with Crippen LogP contribution in [0.25, 0.3) is 0 Å². The molecule has 0 aliphatic carbocycles. The van der Waals surface area contributed by atoms with Crippen LogP contribution in [0.2, 0.25) is 5.15 Å². The van der Waals surface area contributed by atoms with Crippen molar-refractivity contribution in [1.29, 1.82) is 0 Å². The fourth-order valence-electron chi connectivity index (χ4n) is 1.25. The van der Waals surface area contributed by atoms with Crippen LogP contribution >= 0.6 is 11.6 Å². The van der Waals surface area contributed by atoms with Crippen LogP contribution in [-0.4, -0.2) is 28.1 Å². The standard InChI is InChI=1S/C11H15ClN2O2/c1-11(2,6-7-15)14-10(16)8-4-3-5-9(12)13-8/h3-5,15H,6-7H2,1-2H3,(H,14,16). The summed E-state index contributed by atoms with van der Waals surface area (Å²) >= 11 is 5.69. The zero-order valence-corrected chi connectivity index (χ0v) is 10.1. The van der Waals surface area contributed by atoms with Crippen molar-refractivity contribution in [3.8, 4) is 0 Å². The fourth-order valence-corrected chi connectivity index (χ4v) is 1.41. The quantitative estimate of drug-likeness (QED) is 0.789. The topological polar surface area (TPSA) is 62.2 Å². The molecule has 4 nitrogen and oxygen atoms in total. The summed E-state index contributed by atoms with van der Waals surface area (Å²) < 4.78 is 0. The van der Waals surface area contributed by atoms with Crippen LogP contribution in [0.3, 0.4) is 0 Å². The van der Waals surface area contributed by atoms with E-state index in [0.29, 0.717) is 6.42 Å². The molecule has 1 rings (SSSR count). The van der Waals surface area contributed by atoms with Gasteiger partial charge in [0, 0.05) is 12.1 Å². The number of carbonyl (C=O) groups is 1. The van der Waals surface area contributed by atoms with Crippen LogP contribution in [0.5, 0.6) is 0 Å². The number of aromatic nitrogens is 1. The van der Waals surface area contributed by atoms with Crippen molar-refractivity contribution in [2.24, 2.45) is 0 Å². The molecule has 0 saturated heterocycles. The van der Waals surface area contributed by atoms with E-state index in [0.717, 1.165) is 0 Å². The van der Waals surface area contributed by atoms with E-state index in [1.54, 1.807) is 18.2 Å². The minimum Gasteiger partial charge on any atom is -0.396 e. The lowest BCUT2D eigenvalue weighted by molar-refractivity contribution is 0.0894. The van der Waals surface area contributed by atoms with E-state index >= 15 is 0 Å². The summed E-state index contributed by atoms with van der Waals surface area (Å²) in [7, 11) is 0. The van der Waals surface area contributed by atoms with Crippen molar-refractivity contribution >= 4 is 17.5 Å². The molecular formula is C11H15ClN2O2. The van der Waals surface area contributed by atoms with Gasteiger partial charge in [-0.25, -0.2) is 4.98 Å². The number of amides is 1. The predicted molar refractivity (Wildman–Crippen MR) is 62.5 cm³/mol. The van der Waals surface area contributed by atoms with Gasteiger partial charge in [0.2, 0.25) is 0 Å². The Bertz CT molecular complexity index is 380. The number of halogens is 1. The van der Waals surface area contributed by atoms with Crippen molar-refractivity contribution in [2.45, 2.75) is 25.8 Å². The second-order valence-corrected chi connectivity index (χ2v) is 4.54. The molecule has 0 saturated carbocycles. The normalized spacial score (nSPS) is 11.2. The lowest BCUT2D eigenvalue weighted by Gasteiger charge is -2.25. The summed E-state index contributed by atoms with van der Waals surface area (Å²) in [5.74, 6) is -0.291. The van der Waals surface area contributed by atoms with E-state index in [-0.39, 0.29) is 23.4 Å². The smallest absolute Gasteiger partial charge is 0.270 e. The van der Waals surface area contributed by atoms with Crippen molar-refractivity contribution in [2.75, 3.05) is 6.61 Å². The average Bonchev–Trinajstić information content (AvgIpc) is 2.16. The van der Waals surface area contributed by atoms with Gasteiger partial charge >= 0.3 is 0 Å². The van der Waals surface area contributed by atoms with Crippen molar-refractivity contribution in [1.82, 2.24) is 10.3 Å². The third kappa shape index (κ3) is 3.79. The molecule has 0 bridgehead atoms. The minimum atomic E-state index is -0.462. The second-order valence-electron chi connectivity index (χ2n) is 4.16. The van der Waals surface area contributed by atoms with Gasteiger partial charge in [0.25, 0.3) is 5.91 Å². The molecule has 0 aliphatic rings. The first-order chi connectivity index (χ1) is 7.44. The zero-order chi connectivity index (χ0) is 12.2. The summed E-state index contributed by atoms with van der Waals surface area (Å²) in [4.78, 5) is 15.7. The van der Waals surface area contributed by atoms with E-state index in [4.69, 9.17) is 16.7 Å². The van der Waals surface area contributed by atoms with Gasteiger partial charge in [-0.1, -0.05) is 17.7 Å². The maximum absolute atomic E-state index is 11.8. The van der Waals surface area contributed by atoms with Gasteiger partial charge in [0.1, 0.15) is 10.8 Å². The second kappa shape index (κ2) is 5.27. The average molecular weight is 243 g/mol. The van der Waals surface area contributed by atoms with Crippen molar-refractivity contribution in [3.63, 3.8) is 0 Å². The molecule has 0 atom stereocenters. The Morgan fingerprint density at radius 2 is 2.25 bits per heavy atom. The highest BCUT2D eigenvalue weighted by molar-refractivity contribution is 6.29. The Hall–Kier alpha value is -1.13. The highest BCUT2D eigenvalue weighted by Crippen LogP contribution is 2.10. The van der Waals surface area contributed by atoms with Gasteiger partial charge in [-0.15, -0.1) is 0 Å². The Morgan fingerprint density at radius 3 is 2.81 bits per heavy atom. The van der Waals surface area contributed by atoms with Gasteiger partial charge < -0.3 is 10.4 Å². The van der Waals surface area contributed by atoms with Crippen molar-refractivity contribution < 1.29 is 9.90 Å². The highest BCUT2D eigenvalue weighted by atomic mass is 35.5. The molecular weight excluding hydrogens is 228 g/mol. The molecule has 0 aromatic carbocycles. The summed E-state index contributed by atoms with van der Waals surface area (Å²) in [6, 6.07) is 4.87. The molecule has 1 aromatic rings. The van der Waals surface area contributed by atoms with Crippen LogP contribution in [0.15, 0.2) is 18.2 Å². The molecule has 5 heteroatoms. The Kier molecular flexibility index (Phi) is 4.26. The van der Waals surface area contributed by atoms with Crippen molar-refractivity contribution in [3.05, 3.63) is 29.0 Å². The van der Waals surface area contributed by atoms with E-state index in [9.17, 15) is 4.79 Å². The Balaban J connectivity index is 2.72. The van der Waals surface area contributed by atoms with E-state index in [2.05, 4.69) is 10.3 Å². The molecule has 1 heterocycles. The van der Waals surface area contributed by atoms with Gasteiger partial charge in [-0.3, -0.25) is 4.79 Å². The maximum atomic E-state index is 11.8. The van der Waals surface area contributed by atoms with E-state index in [1.165, 1.54) is 0 Å². The molecule has 0 unspecified atom stereocenters. The third-order valence-corrected chi connectivity index (χ3v) is 2.35. The predicted octanol–water partition coefficient (Wildman–Crippen LogP) is 1.63. The number of hydrogen-bond acceptors (Lipinski definition) is 3. The monoisotopic (exact) mass is 242 g/mol. The third-order valence-electron chi connectivity index (χ3n) is 2.14. The molecule has 1 aromatic heterocycles. The summed E-state index contributed by atoms with van der Waals surface area (Å²) in [6.45, 7) is 3.70. The molecule has 0 aliphatic heterocycles. The van der Waals surface area contributed by atoms with Crippen LogP contribution < -0.4 is 5.32 Å². The lowest BCUT2D eigenvalue weighted by Crippen LogP contribution is -2.44. The molecule has 2 N–H and O–H groups in total. The largest absolute Gasteiger partial charge is 0.396 e. The highest BCUT2D eigenvalue weighted by Gasteiger charge is 2.21. The van der Waals surface area contributed by atoms with Gasteiger partial charge in [-0.2, -0.15) is 0 Å². The first kappa shape index (κ1) is 12.9. The molecule has 1 amide bonds.